The number of nitrogens with two attached hydrogens (primary N) is 1. The summed E-state index contributed by atoms with van der Waals surface area (Å²) in [6.07, 6.45) is 3.30. The van der Waals surface area contributed by atoms with E-state index in [0.717, 1.165) is 25.8 Å². The standard InChI is InChI=1S/C14H22N2O2/c1-4-5-6-9-16(2)14(17)12-8-7-11(18-3)10-13(12)15/h7-8,10H,4-6,9,15H2,1-3H3. The van der Waals surface area contributed by atoms with Gasteiger partial charge in [-0.2, -0.15) is 0 Å². The zero-order valence-corrected chi connectivity index (χ0v) is 11.4. The quantitative estimate of drug-likeness (QED) is 0.623. The maximum absolute atomic E-state index is 12.2. The van der Waals surface area contributed by atoms with Gasteiger partial charge < -0.3 is 15.4 Å². The van der Waals surface area contributed by atoms with Gasteiger partial charge in [0.2, 0.25) is 0 Å². The predicted octanol–water partition coefficient (Wildman–Crippen LogP) is 2.54. The fourth-order valence-electron chi connectivity index (χ4n) is 1.77. The first-order valence-corrected chi connectivity index (χ1v) is 6.29. The number of rotatable bonds is 6. The minimum Gasteiger partial charge on any atom is -0.497 e. The van der Waals surface area contributed by atoms with Gasteiger partial charge in [0.15, 0.2) is 0 Å². The molecule has 0 bridgehead atoms. The van der Waals surface area contributed by atoms with Gasteiger partial charge in [0.25, 0.3) is 5.91 Å². The van der Waals surface area contributed by atoms with Crippen molar-refractivity contribution in [1.29, 1.82) is 0 Å². The molecule has 0 unspecified atom stereocenters. The monoisotopic (exact) mass is 250 g/mol. The zero-order chi connectivity index (χ0) is 13.5. The maximum atomic E-state index is 12.2. The molecule has 1 aromatic rings. The summed E-state index contributed by atoms with van der Waals surface area (Å²) in [7, 11) is 3.38. The number of anilines is 1. The lowest BCUT2D eigenvalue weighted by molar-refractivity contribution is 0.0793. The molecule has 18 heavy (non-hydrogen) atoms. The van der Waals surface area contributed by atoms with Crippen molar-refractivity contribution in [3.63, 3.8) is 0 Å². The average molecular weight is 250 g/mol. The van der Waals surface area contributed by atoms with E-state index >= 15 is 0 Å². The Balaban J connectivity index is 2.71. The number of methoxy groups -OCH3 is 1. The van der Waals surface area contributed by atoms with Crippen molar-refractivity contribution >= 4 is 11.6 Å². The van der Waals surface area contributed by atoms with Gasteiger partial charge in [-0.1, -0.05) is 19.8 Å². The van der Waals surface area contributed by atoms with Crippen LogP contribution in [-0.2, 0) is 0 Å². The van der Waals surface area contributed by atoms with E-state index in [0.29, 0.717) is 17.0 Å². The molecule has 0 atom stereocenters. The third-order valence-electron chi connectivity index (χ3n) is 2.93. The van der Waals surface area contributed by atoms with Crippen molar-refractivity contribution in [2.24, 2.45) is 0 Å². The molecule has 0 spiro atoms. The van der Waals surface area contributed by atoms with E-state index in [2.05, 4.69) is 6.92 Å². The van der Waals surface area contributed by atoms with E-state index in [-0.39, 0.29) is 5.91 Å². The molecule has 2 N–H and O–H groups in total. The lowest BCUT2D eigenvalue weighted by Crippen LogP contribution is -2.28. The summed E-state index contributed by atoms with van der Waals surface area (Å²) in [4.78, 5) is 13.9. The summed E-state index contributed by atoms with van der Waals surface area (Å²) in [5, 5.41) is 0. The van der Waals surface area contributed by atoms with Crippen molar-refractivity contribution < 1.29 is 9.53 Å². The molecule has 100 valence electrons. The number of hydrogen-bond donors (Lipinski definition) is 1. The fourth-order valence-corrected chi connectivity index (χ4v) is 1.77. The van der Waals surface area contributed by atoms with Crippen LogP contribution in [0.4, 0.5) is 5.69 Å². The largest absolute Gasteiger partial charge is 0.497 e. The van der Waals surface area contributed by atoms with Crippen LogP contribution in [0.3, 0.4) is 0 Å². The lowest BCUT2D eigenvalue weighted by Gasteiger charge is -2.18. The minimum absolute atomic E-state index is 0.0359. The molecule has 0 fully saturated rings. The molecule has 0 saturated heterocycles. The van der Waals surface area contributed by atoms with Crippen LogP contribution >= 0.6 is 0 Å². The van der Waals surface area contributed by atoms with E-state index in [1.165, 1.54) is 0 Å². The van der Waals surface area contributed by atoms with Crippen LogP contribution in [0.25, 0.3) is 0 Å². The number of nitrogen functional groups attached to an aromatic ring is 1. The van der Waals surface area contributed by atoms with Gasteiger partial charge in [-0.3, -0.25) is 4.79 Å². The Labute approximate surface area is 109 Å². The van der Waals surface area contributed by atoms with Crippen molar-refractivity contribution in [3.8, 4) is 5.75 Å². The molecule has 0 aromatic heterocycles. The first kappa shape index (κ1) is 14.4. The van der Waals surface area contributed by atoms with E-state index < -0.39 is 0 Å². The smallest absolute Gasteiger partial charge is 0.255 e. The Kier molecular flexibility index (Phi) is 5.49. The summed E-state index contributed by atoms with van der Waals surface area (Å²) < 4.78 is 5.06. The van der Waals surface area contributed by atoms with Crippen LogP contribution in [0.1, 0.15) is 36.5 Å². The summed E-state index contributed by atoms with van der Waals surface area (Å²) in [6, 6.07) is 5.14. The predicted molar refractivity (Wildman–Crippen MR) is 73.9 cm³/mol. The molecule has 1 amide bonds. The molecule has 1 rings (SSSR count). The first-order valence-electron chi connectivity index (χ1n) is 6.29. The van der Waals surface area contributed by atoms with Gasteiger partial charge in [0.1, 0.15) is 5.75 Å². The number of benzene rings is 1. The lowest BCUT2D eigenvalue weighted by atomic mass is 10.1. The highest BCUT2D eigenvalue weighted by atomic mass is 16.5. The highest BCUT2D eigenvalue weighted by molar-refractivity contribution is 5.99. The molecule has 0 radical (unpaired) electrons. The van der Waals surface area contributed by atoms with Gasteiger partial charge in [0.05, 0.1) is 12.7 Å². The molecular weight excluding hydrogens is 228 g/mol. The number of amides is 1. The summed E-state index contributed by atoms with van der Waals surface area (Å²) in [6.45, 7) is 2.90. The number of hydrogen-bond acceptors (Lipinski definition) is 3. The van der Waals surface area contributed by atoms with Crippen LogP contribution in [0.2, 0.25) is 0 Å². The van der Waals surface area contributed by atoms with Gasteiger partial charge in [-0.05, 0) is 18.6 Å². The molecule has 1 aromatic carbocycles. The van der Waals surface area contributed by atoms with Gasteiger partial charge in [0, 0.05) is 25.3 Å². The zero-order valence-electron chi connectivity index (χ0n) is 11.4. The molecular formula is C14H22N2O2. The molecule has 0 saturated carbocycles. The molecule has 4 heteroatoms. The third-order valence-corrected chi connectivity index (χ3v) is 2.93. The minimum atomic E-state index is -0.0359. The first-order chi connectivity index (χ1) is 8.60. The molecule has 0 aliphatic rings. The maximum Gasteiger partial charge on any atom is 0.255 e. The molecule has 0 aliphatic heterocycles. The second kappa shape index (κ2) is 6.89. The normalized spacial score (nSPS) is 10.2. The van der Waals surface area contributed by atoms with Gasteiger partial charge >= 0.3 is 0 Å². The Hall–Kier alpha value is -1.71. The van der Waals surface area contributed by atoms with Crippen LogP contribution < -0.4 is 10.5 Å². The number of carbonyl (C=O) groups excluding carboxylic acids is 1. The van der Waals surface area contributed by atoms with E-state index in [1.807, 2.05) is 7.05 Å². The number of ether oxygens (including phenoxy) is 1. The highest BCUT2D eigenvalue weighted by Gasteiger charge is 2.14. The molecule has 4 nitrogen and oxygen atoms in total. The Morgan fingerprint density at radius 2 is 2.11 bits per heavy atom. The topological polar surface area (TPSA) is 55.6 Å². The number of unbranched alkanes of at least 4 members (excludes halogenated alkanes) is 2. The van der Waals surface area contributed by atoms with Crippen LogP contribution in [0.15, 0.2) is 18.2 Å². The average Bonchev–Trinajstić information content (AvgIpc) is 2.38. The van der Waals surface area contributed by atoms with Crippen LogP contribution in [0, 0.1) is 0 Å². The van der Waals surface area contributed by atoms with E-state index in [4.69, 9.17) is 10.5 Å². The van der Waals surface area contributed by atoms with Crippen LogP contribution in [-0.4, -0.2) is 31.5 Å². The van der Waals surface area contributed by atoms with Crippen molar-refractivity contribution in [2.75, 3.05) is 26.4 Å². The molecule has 0 aliphatic carbocycles. The van der Waals surface area contributed by atoms with Gasteiger partial charge in [-0.25, -0.2) is 0 Å². The second-order valence-electron chi connectivity index (χ2n) is 4.39. The Bertz CT molecular complexity index is 405. The Morgan fingerprint density at radius 3 is 2.67 bits per heavy atom. The summed E-state index contributed by atoms with van der Waals surface area (Å²) in [5.41, 5.74) is 6.86. The van der Waals surface area contributed by atoms with E-state index in [9.17, 15) is 4.79 Å². The third kappa shape index (κ3) is 3.65. The van der Waals surface area contributed by atoms with E-state index in [1.54, 1.807) is 30.2 Å². The van der Waals surface area contributed by atoms with Crippen molar-refractivity contribution in [2.45, 2.75) is 26.2 Å². The highest BCUT2D eigenvalue weighted by Crippen LogP contribution is 2.20. The summed E-state index contributed by atoms with van der Waals surface area (Å²) in [5.74, 6) is 0.629. The summed E-state index contributed by atoms with van der Waals surface area (Å²) >= 11 is 0. The SMILES string of the molecule is CCCCCN(C)C(=O)c1ccc(OC)cc1N. The van der Waals surface area contributed by atoms with Gasteiger partial charge in [-0.15, -0.1) is 0 Å². The Morgan fingerprint density at radius 1 is 1.39 bits per heavy atom. The van der Waals surface area contributed by atoms with Crippen molar-refractivity contribution in [1.82, 2.24) is 4.90 Å². The second-order valence-corrected chi connectivity index (χ2v) is 4.39. The fraction of sp³-hybridized carbons (Fsp3) is 0.500. The van der Waals surface area contributed by atoms with Crippen molar-refractivity contribution in [3.05, 3.63) is 23.8 Å². The number of nitrogens with zero attached hydrogens (tertiary/aromatic N) is 1. The number of carbonyl (C=O) groups is 1. The molecule has 0 heterocycles. The van der Waals surface area contributed by atoms with Crippen LogP contribution in [0.5, 0.6) is 5.75 Å².